The Morgan fingerprint density at radius 2 is 1.93 bits per heavy atom. The molecule has 2 aromatic rings. The molecule has 1 aromatic carbocycles. The van der Waals surface area contributed by atoms with Gasteiger partial charge in [0.25, 0.3) is 0 Å². The molecule has 2 saturated heterocycles. The second-order valence-corrected chi connectivity index (χ2v) is 7.71. The van der Waals surface area contributed by atoms with E-state index in [1.165, 1.54) is 23.3 Å². The number of hydrogen-bond acceptors (Lipinski definition) is 6. The van der Waals surface area contributed by atoms with Crippen LogP contribution in [0.3, 0.4) is 0 Å². The minimum atomic E-state index is -1.40. The molecule has 6 nitrogen and oxygen atoms in total. The number of benzene rings is 1. The number of likely N-dealkylation sites (tertiary alicyclic amines) is 1. The van der Waals surface area contributed by atoms with Crippen molar-refractivity contribution in [3.8, 4) is 0 Å². The molecule has 2 aliphatic rings. The number of ether oxygens (including phenoxy) is 1. The van der Waals surface area contributed by atoms with E-state index in [4.69, 9.17) is 4.74 Å². The van der Waals surface area contributed by atoms with E-state index in [1.807, 2.05) is 35.7 Å². The van der Waals surface area contributed by atoms with Crippen LogP contribution in [-0.4, -0.2) is 36.3 Å². The molecule has 0 radical (unpaired) electrons. The van der Waals surface area contributed by atoms with E-state index in [2.05, 4.69) is 5.32 Å². The van der Waals surface area contributed by atoms with Gasteiger partial charge in [-0.2, -0.15) is 0 Å². The van der Waals surface area contributed by atoms with Crippen molar-refractivity contribution in [3.63, 3.8) is 0 Å². The van der Waals surface area contributed by atoms with Crippen LogP contribution in [0.15, 0.2) is 47.8 Å². The van der Waals surface area contributed by atoms with Gasteiger partial charge in [0.1, 0.15) is 0 Å². The Balaban J connectivity index is 1.95. The number of methoxy groups -OCH3 is 1. The molecule has 7 heteroatoms. The summed E-state index contributed by atoms with van der Waals surface area (Å²) in [6.45, 7) is 2.06. The van der Waals surface area contributed by atoms with E-state index in [0.717, 1.165) is 4.88 Å². The van der Waals surface area contributed by atoms with Gasteiger partial charge in [-0.25, -0.2) is 4.79 Å². The highest BCUT2D eigenvalue weighted by Crippen LogP contribution is 2.53. The lowest BCUT2D eigenvalue weighted by atomic mass is 9.75. The molecule has 2 aliphatic heterocycles. The third-order valence-corrected chi connectivity index (χ3v) is 6.51. The summed E-state index contributed by atoms with van der Waals surface area (Å²) in [6.07, 6.45) is 0. The highest BCUT2D eigenvalue weighted by atomic mass is 32.1. The number of imide groups is 1. The predicted molar refractivity (Wildman–Crippen MR) is 99.7 cm³/mol. The average Bonchev–Trinajstić information content (AvgIpc) is 3.39. The monoisotopic (exact) mass is 384 g/mol. The van der Waals surface area contributed by atoms with Crippen LogP contribution in [0.4, 0.5) is 0 Å². The smallest absolute Gasteiger partial charge is 0.331 e. The molecule has 0 bridgehead atoms. The lowest BCUT2D eigenvalue weighted by molar-refractivity contribution is -0.154. The molecule has 0 spiro atoms. The number of amides is 2. The van der Waals surface area contributed by atoms with Crippen molar-refractivity contribution in [2.24, 2.45) is 11.8 Å². The molecule has 1 aromatic heterocycles. The summed E-state index contributed by atoms with van der Waals surface area (Å²) in [5, 5.41) is 5.27. The number of hydrogen-bond donors (Lipinski definition) is 1. The highest BCUT2D eigenvalue weighted by molar-refractivity contribution is 7.10. The Morgan fingerprint density at radius 3 is 2.52 bits per heavy atom. The van der Waals surface area contributed by atoms with Gasteiger partial charge in [0.15, 0.2) is 5.54 Å². The largest absolute Gasteiger partial charge is 0.467 e. The Morgan fingerprint density at radius 1 is 1.19 bits per heavy atom. The molecular formula is C20H20N2O4S. The number of nitrogens with zero attached hydrogens (tertiary/aromatic N) is 1. The standard InChI is InChI=1S/C20H20N2O4S/c1-3-22-17(23)14-15(18(22)24)20(19(25)26-2,12-8-5-4-6-9-12)21-16(14)13-10-7-11-27-13/h4-11,14-16,21H,3H2,1-2H3/t14-,15+,16-,20-/m1/s1. The van der Waals surface area contributed by atoms with E-state index in [-0.39, 0.29) is 18.4 Å². The summed E-state index contributed by atoms with van der Waals surface area (Å²) in [4.78, 5) is 41.6. The lowest BCUT2D eigenvalue weighted by Gasteiger charge is -2.32. The first kappa shape index (κ1) is 17.9. The van der Waals surface area contributed by atoms with E-state index in [9.17, 15) is 14.4 Å². The van der Waals surface area contributed by atoms with E-state index in [0.29, 0.717) is 5.56 Å². The fraction of sp³-hybridized carbons (Fsp3) is 0.350. The van der Waals surface area contributed by atoms with E-state index in [1.54, 1.807) is 19.1 Å². The van der Waals surface area contributed by atoms with Crippen LogP contribution in [0.1, 0.15) is 23.4 Å². The van der Waals surface area contributed by atoms with Crippen LogP contribution >= 0.6 is 11.3 Å². The van der Waals surface area contributed by atoms with Crippen LogP contribution in [-0.2, 0) is 24.7 Å². The van der Waals surface area contributed by atoms with Crippen molar-refractivity contribution in [1.29, 1.82) is 0 Å². The minimum Gasteiger partial charge on any atom is -0.467 e. The second-order valence-electron chi connectivity index (χ2n) is 6.73. The summed E-state index contributed by atoms with van der Waals surface area (Å²) in [5.74, 6) is -2.60. The van der Waals surface area contributed by atoms with Crippen LogP contribution in [0, 0.1) is 11.8 Å². The molecular weight excluding hydrogens is 364 g/mol. The van der Waals surface area contributed by atoms with Gasteiger partial charge in [0, 0.05) is 11.4 Å². The molecule has 0 saturated carbocycles. The third-order valence-electron chi connectivity index (χ3n) is 5.55. The van der Waals surface area contributed by atoms with Crippen molar-refractivity contribution < 1.29 is 19.1 Å². The van der Waals surface area contributed by atoms with Gasteiger partial charge in [0.2, 0.25) is 11.8 Å². The maximum absolute atomic E-state index is 13.2. The van der Waals surface area contributed by atoms with Crippen LogP contribution in [0.25, 0.3) is 0 Å². The Bertz CT molecular complexity index is 883. The fourth-order valence-corrected chi connectivity index (χ4v) is 5.25. The molecule has 140 valence electrons. The SMILES string of the molecule is CCN1C(=O)[C@H]2[C@@H](c3cccs3)N[C@](C(=O)OC)(c3ccccc3)[C@@H]2C1=O. The minimum absolute atomic E-state index is 0.236. The first-order valence-electron chi connectivity index (χ1n) is 8.86. The molecule has 4 atom stereocenters. The number of carbonyl (C=O) groups excluding carboxylic acids is 3. The molecule has 0 aliphatic carbocycles. The number of esters is 1. The average molecular weight is 384 g/mol. The number of rotatable bonds is 4. The zero-order valence-electron chi connectivity index (χ0n) is 15.0. The van der Waals surface area contributed by atoms with Gasteiger partial charge < -0.3 is 4.74 Å². The summed E-state index contributed by atoms with van der Waals surface area (Å²) in [5.41, 5.74) is -0.767. The van der Waals surface area contributed by atoms with Gasteiger partial charge in [-0.1, -0.05) is 36.4 Å². The molecule has 2 fully saturated rings. The first-order valence-corrected chi connectivity index (χ1v) is 9.74. The van der Waals surface area contributed by atoms with E-state index < -0.39 is 29.4 Å². The van der Waals surface area contributed by atoms with Gasteiger partial charge in [-0.15, -0.1) is 11.3 Å². The fourth-order valence-electron chi connectivity index (χ4n) is 4.42. The summed E-state index contributed by atoms with van der Waals surface area (Å²) < 4.78 is 5.14. The number of thiophene rings is 1. The van der Waals surface area contributed by atoms with Crippen molar-refractivity contribution in [2.45, 2.75) is 18.5 Å². The van der Waals surface area contributed by atoms with Gasteiger partial charge >= 0.3 is 5.97 Å². The predicted octanol–water partition coefficient (Wildman–Crippen LogP) is 2.08. The van der Waals surface area contributed by atoms with Crippen LogP contribution in [0.2, 0.25) is 0 Å². The van der Waals surface area contributed by atoms with Gasteiger partial charge in [-0.05, 0) is 23.9 Å². The second kappa shape index (κ2) is 6.58. The third kappa shape index (κ3) is 2.38. The molecule has 0 unspecified atom stereocenters. The van der Waals surface area contributed by atoms with Crippen molar-refractivity contribution in [2.75, 3.05) is 13.7 Å². The van der Waals surface area contributed by atoms with E-state index >= 15 is 0 Å². The maximum atomic E-state index is 13.2. The lowest BCUT2D eigenvalue weighted by Crippen LogP contribution is -2.53. The summed E-state index contributed by atoms with van der Waals surface area (Å²) in [6, 6.07) is 12.5. The summed E-state index contributed by atoms with van der Waals surface area (Å²) in [7, 11) is 1.31. The zero-order chi connectivity index (χ0) is 19.2. The first-order chi connectivity index (χ1) is 13.1. The topological polar surface area (TPSA) is 75.7 Å². The Hall–Kier alpha value is -2.51. The molecule has 1 N–H and O–H groups in total. The number of carbonyl (C=O) groups is 3. The normalized spacial score (nSPS) is 29.9. The molecule has 2 amide bonds. The molecule has 3 heterocycles. The van der Waals surface area contributed by atoms with Crippen molar-refractivity contribution in [1.82, 2.24) is 10.2 Å². The quantitative estimate of drug-likeness (QED) is 0.645. The number of fused-ring (bicyclic) bond motifs is 1. The van der Waals surface area contributed by atoms with Crippen molar-refractivity contribution in [3.05, 3.63) is 58.3 Å². The van der Waals surface area contributed by atoms with Gasteiger partial charge in [-0.3, -0.25) is 19.8 Å². The van der Waals surface area contributed by atoms with Crippen LogP contribution < -0.4 is 5.32 Å². The zero-order valence-corrected chi connectivity index (χ0v) is 15.9. The van der Waals surface area contributed by atoms with Gasteiger partial charge in [0.05, 0.1) is 25.0 Å². The van der Waals surface area contributed by atoms with Crippen molar-refractivity contribution >= 4 is 29.1 Å². The summed E-state index contributed by atoms with van der Waals surface area (Å²) >= 11 is 1.50. The molecule has 4 rings (SSSR count). The maximum Gasteiger partial charge on any atom is 0.331 e. The molecule has 27 heavy (non-hydrogen) atoms. The highest BCUT2D eigenvalue weighted by Gasteiger charge is 2.69. The Labute approximate surface area is 161 Å². The number of nitrogens with one attached hydrogen (secondary N) is 1. The van der Waals surface area contributed by atoms with Crippen LogP contribution in [0.5, 0.6) is 0 Å². The Kier molecular flexibility index (Phi) is 4.36.